The van der Waals surface area contributed by atoms with Gasteiger partial charge in [-0.25, -0.2) is 4.98 Å². The maximum atomic E-state index is 6.30. The number of hydrogen-bond acceptors (Lipinski definition) is 3. The zero-order valence-corrected chi connectivity index (χ0v) is 12.6. The lowest BCUT2D eigenvalue weighted by molar-refractivity contribution is 0.748. The first-order valence-electron chi connectivity index (χ1n) is 6.70. The van der Waals surface area contributed by atoms with Crippen molar-refractivity contribution in [3.63, 3.8) is 0 Å². The van der Waals surface area contributed by atoms with Gasteiger partial charge >= 0.3 is 0 Å². The first-order valence-corrected chi connectivity index (χ1v) is 7.96. The SMILES string of the molecule is NCCCCc1c(-c2nccs2)[nH]c2c(Cl)cccc12. The Morgan fingerprint density at radius 3 is 2.95 bits per heavy atom. The number of unbranched alkanes of at least 4 members (excludes halogenated alkanes) is 1. The highest BCUT2D eigenvalue weighted by Gasteiger charge is 2.15. The number of aromatic nitrogens is 2. The summed E-state index contributed by atoms with van der Waals surface area (Å²) < 4.78 is 0. The van der Waals surface area contributed by atoms with Crippen LogP contribution in [-0.4, -0.2) is 16.5 Å². The van der Waals surface area contributed by atoms with E-state index in [1.54, 1.807) is 11.3 Å². The Balaban J connectivity index is 2.12. The lowest BCUT2D eigenvalue weighted by Crippen LogP contribution is -1.99. The summed E-state index contributed by atoms with van der Waals surface area (Å²) in [7, 11) is 0. The summed E-state index contributed by atoms with van der Waals surface area (Å²) in [6.45, 7) is 0.732. The number of nitrogens with one attached hydrogen (secondary N) is 1. The molecule has 0 spiro atoms. The van der Waals surface area contributed by atoms with Crippen LogP contribution in [0.15, 0.2) is 29.8 Å². The number of H-pyrrole nitrogens is 1. The molecular formula is C15H16ClN3S. The smallest absolute Gasteiger partial charge is 0.139 e. The molecule has 3 N–H and O–H groups in total. The number of aryl methyl sites for hydroxylation is 1. The fourth-order valence-corrected chi connectivity index (χ4v) is 3.36. The van der Waals surface area contributed by atoms with Crippen molar-refractivity contribution in [2.75, 3.05) is 6.54 Å². The predicted octanol–water partition coefficient (Wildman–Crippen LogP) is 4.23. The van der Waals surface area contributed by atoms with Crippen molar-refractivity contribution in [3.05, 3.63) is 40.4 Å². The third-order valence-electron chi connectivity index (χ3n) is 3.42. The van der Waals surface area contributed by atoms with Gasteiger partial charge in [-0.1, -0.05) is 23.7 Å². The summed E-state index contributed by atoms with van der Waals surface area (Å²) in [4.78, 5) is 7.87. The van der Waals surface area contributed by atoms with Gasteiger partial charge in [-0.3, -0.25) is 0 Å². The molecule has 5 heteroatoms. The van der Waals surface area contributed by atoms with Crippen LogP contribution < -0.4 is 5.73 Å². The molecule has 0 unspecified atom stereocenters. The third-order valence-corrected chi connectivity index (χ3v) is 4.52. The van der Waals surface area contributed by atoms with Crippen molar-refractivity contribution in [3.8, 4) is 10.7 Å². The average Bonchev–Trinajstić information content (AvgIpc) is 3.07. The van der Waals surface area contributed by atoms with Crippen LogP contribution in [0.1, 0.15) is 18.4 Å². The molecule has 1 aromatic carbocycles. The first kappa shape index (κ1) is 13.6. The largest absolute Gasteiger partial charge is 0.351 e. The molecule has 0 aliphatic rings. The van der Waals surface area contributed by atoms with Gasteiger partial charge in [-0.15, -0.1) is 11.3 Å². The highest BCUT2D eigenvalue weighted by molar-refractivity contribution is 7.13. The van der Waals surface area contributed by atoms with E-state index in [0.717, 1.165) is 47.0 Å². The summed E-state index contributed by atoms with van der Waals surface area (Å²) in [5.41, 5.74) is 8.99. The normalized spacial score (nSPS) is 11.3. The molecule has 104 valence electrons. The van der Waals surface area contributed by atoms with Gasteiger partial charge in [-0.2, -0.15) is 0 Å². The zero-order chi connectivity index (χ0) is 13.9. The van der Waals surface area contributed by atoms with Gasteiger partial charge in [0.25, 0.3) is 0 Å². The van der Waals surface area contributed by atoms with E-state index in [1.807, 2.05) is 23.7 Å². The molecule has 2 heterocycles. The monoisotopic (exact) mass is 305 g/mol. The van der Waals surface area contributed by atoms with Gasteiger partial charge in [0.2, 0.25) is 0 Å². The zero-order valence-electron chi connectivity index (χ0n) is 11.0. The Labute approximate surface area is 126 Å². The highest BCUT2D eigenvalue weighted by Crippen LogP contribution is 2.35. The van der Waals surface area contributed by atoms with E-state index in [0.29, 0.717) is 0 Å². The maximum Gasteiger partial charge on any atom is 0.139 e. The van der Waals surface area contributed by atoms with Gasteiger partial charge < -0.3 is 10.7 Å². The second-order valence-corrected chi connectivity index (χ2v) is 6.03. The van der Waals surface area contributed by atoms with Crippen molar-refractivity contribution in [1.82, 2.24) is 9.97 Å². The van der Waals surface area contributed by atoms with Gasteiger partial charge in [0, 0.05) is 17.0 Å². The van der Waals surface area contributed by atoms with Crippen LogP contribution in [0.25, 0.3) is 21.6 Å². The van der Waals surface area contributed by atoms with E-state index in [4.69, 9.17) is 17.3 Å². The van der Waals surface area contributed by atoms with Crippen molar-refractivity contribution < 1.29 is 0 Å². The molecule has 0 saturated heterocycles. The molecule has 3 nitrogen and oxygen atoms in total. The molecule has 0 fully saturated rings. The Bertz CT molecular complexity index is 703. The number of rotatable bonds is 5. The first-order chi connectivity index (χ1) is 9.81. The fraction of sp³-hybridized carbons (Fsp3) is 0.267. The Morgan fingerprint density at radius 2 is 2.20 bits per heavy atom. The van der Waals surface area contributed by atoms with Gasteiger partial charge in [-0.05, 0) is 37.4 Å². The van der Waals surface area contributed by atoms with Crippen LogP contribution in [0.4, 0.5) is 0 Å². The van der Waals surface area contributed by atoms with Gasteiger partial charge in [0.05, 0.1) is 16.2 Å². The quantitative estimate of drug-likeness (QED) is 0.693. The number of para-hydroxylation sites is 1. The Hall–Kier alpha value is -1.36. The van der Waals surface area contributed by atoms with Gasteiger partial charge in [0.1, 0.15) is 5.01 Å². The van der Waals surface area contributed by atoms with Crippen molar-refractivity contribution in [2.45, 2.75) is 19.3 Å². The molecule has 0 radical (unpaired) electrons. The minimum absolute atomic E-state index is 0.732. The fourth-order valence-electron chi connectivity index (χ4n) is 2.47. The van der Waals surface area contributed by atoms with Crippen LogP contribution in [0.5, 0.6) is 0 Å². The average molecular weight is 306 g/mol. The Morgan fingerprint density at radius 1 is 1.30 bits per heavy atom. The number of nitrogens with two attached hydrogens (primary N) is 1. The molecule has 0 saturated carbocycles. The topological polar surface area (TPSA) is 54.7 Å². The lowest BCUT2D eigenvalue weighted by atomic mass is 10.0. The molecule has 0 aliphatic carbocycles. The maximum absolute atomic E-state index is 6.30. The van der Waals surface area contributed by atoms with E-state index < -0.39 is 0 Å². The van der Waals surface area contributed by atoms with E-state index in [-0.39, 0.29) is 0 Å². The summed E-state index contributed by atoms with van der Waals surface area (Å²) in [6, 6.07) is 6.03. The molecule has 3 aromatic rings. The standard InChI is InChI=1S/C15H16ClN3S/c16-12-6-3-5-10-11(4-1-2-7-17)14(19-13(10)12)15-18-8-9-20-15/h3,5-6,8-9,19H,1-2,4,7,17H2. The van der Waals surface area contributed by atoms with Crippen LogP contribution >= 0.6 is 22.9 Å². The van der Waals surface area contributed by atoms with E-state index in [2.05, 4.69) is 16.0 Å². The van der Waals surface area contributed by atoms with Crippen molar-refractivity contribution in [2.24, 2.45) is 5.73 Å². The number of fused-ring (bicyclic) bond motifs is 1. The van der Waals surface area contributed by atoms with E-state index in [9.17, 15) is 0 Å². The van der Waals surface area contributed by atoms with Crippen LogP contribution in [0.2, 0.25) is 5.02 Å². The lowest BCUT2D eigenvalue weighted by Gasteiger charge is -2.02. The third kappa shape index (κ3) is 2.46. The number of halogens is 1. The highest BCUT2D eigenvalue weighted by atomic mass is 35.5. The summed E-state index contributed by atoms with van der Waals surface area (Å²) in [5, 5.41) is 4.96. The molecule has 20 heavy (non-hydrogen) atoms. The van der Waals surface area contributed by atoms with Crippen molar-refractivity contribution >= 4 is 33.8 Å². The second kappa shape index (κ2) is 5.95. The molecule has 0 aliphatic heterocycles. The molecule has 0 amide bonds. The van der Waals surface area contributed by atoms with Crippen LogP contribution in [0.3, 0.4) is 0 Å². The molecule has 0 bridgehead atoms. The van der Waals surface area contributed by atoms with Crippen LogP contribution in [-0.2, 0) is 6.42 Å². The second-order valence-electron chi connectivity index (χ2n) is 4.72. The minimum Gasteiger partial charge on any atom is -0.351 e. The van der Waals surface area contributed by atoms with E-state index in [1.165, 1.54) is 10.9 Å². The van der Waals surface area contributed by atoms with Crippen molar-refractivity contribution in [1.29, 1.82) is 0 Å². The molecule has 3 rings (SSSR count). The number of aromatic amines is 1. The number of nitrogens with zero attached hydrogens (tertiary/aromatic N) is 1. The molecule has 2 aromatic heterocycles. The number of thiazole rings is 1. The molecular weight excluding hydrogens is 290 g/mol. The molecule has 0 atom stereocenters. The summed E-state index contributed by atoms with van der Waals surface area (Å²) in [5.74, 6) is 0. The summed E-state index contributed by atoms with van der Waals surface area (Å²) >= 11 is 7.94. The minimum atomic E-state index is 0.732. The predicted molar refractivity (Wildman–Crippen MR) is 86.4 cm³/mol. The van der Waals surface area contributed by atoms with E-state index >= 15 is 0 Å². The van der Waals surface area contributed by atoms with Gasteiger partial charge in [0.15, 0.2) is 0 Å². The van der Waals surface area contributed by atoms with Crippen LogP contribution in [0, 0.1) is 0 Å². The Kier molecular flexibility index (Phi) is 4.05. The summed E-state index contributed by atoms with van der Waals surface area (Å²) in [6.07, 6.45) is 4.93. The number of hydrogen-bond donors (Lipinski definition) is 2. The number of benzene rings is 1.